The smallest absolute Gasteiger partial charge is 0.147 e. The zero-order chi connectivity index (χ0) is 15.8. The molecule has 22 heavy (non-hydrogen) atoms. The van der Waals surface area contributed by atoms with Crippen LogP contribution in [0.4, 0.5) is 0 Å². The van der Waals surface area contributed by atoms with Crippen LogP contribution in [0.3, 0.4) is 0 Å². The molecule has 0 aliphatic heterocycles. The first kappa shape index (κ1) is 16.4. The van der Waals surface area contributed by atoms with E-state index in [0.29, 0.717) is 13.2 Å². The highest BCUT2D eigenvalue weighted by molar-refractivity contribution is 6.94. The van der Waals surface area contributed by atoms with Crippen molar-refractivity contribution >= 4 is 19.5 Å². The van der Waals surface area contributed by atoms with Gasteiger partial charge in [-0.2, -0.15) is 0 Å². The topological polar surface area (TPSA) is 26.3 Å². The summed E-state index contributed by atoms with van der Waals surface area (Å²) in [6.07, 6.45) is 0.919. The Labute approximate surface area is 133 Å². The summed E-state index contributed by atoms with van der Waals surface area (Å²) in [6.45, 7) is 5.37. The molecule has 0 spiro atoms. The molecule has 2 nitrogen and oxygen atoms in total. The lowest BCUT2D eigenvalue weighted by molar-refractivity contribution is -0.105. The Morgan fingerprint density at radius 2 is 1.59 bits per heavy atom. The Morgan fingerprint density at radius 1 is 1.00 bits per heavy atom. The molecule has 0 fully saturated rings. The van der Waals surface area contributed by atoms with Crippen molar-refractivity contribution in [2.75, 3.05) is 6.61 Å². The van der Waals surface area contributed by atoms with Gasteiger partial charge in [-0.05, 0) is 5.56 Å². The van der Waals surface area contributed by atoms with Crippen LogP contribution in [-0.4, -0.2) is 21.0 Å². The minimum Gasteiger partial charge on any atom is -0.372 e. The molecule has 0 atom stereocenters. The van der Waals surface area contributed by atoms with Crippen molar-refractivity contribution in [1.82, 2.24) is 0 Å². The van der Waals surface area contributed by atoms with E-state index >= 15 is 0 Å². The third kappa shape index (κ3) is 4.79. The SMILES string of the molecule is C[Si](C)(/C=C(\C=O)COCc1ccccc1)c1ccccc1. The maximum Gasteiger partial charge on any atom is 0.147 e. The number of benzene rings is 2. The van der Waals surface area contributed by atoms with Crippen molar-refractivity contribution in [3.63, 3.8) is 0 Å². The van der Waals surface area contributed by atoms with Crippen LogP contribution in [0.25, 0.3) is 0 Å². The zero-order valence-corrected chi connectivity index (χ0v) is 14.2. The number of carbonyl (C=O) groups is 1. The summed E-state index contributed by atoms with van der Waals surface area (Å²) in [7, 11) is -1.77. The summed E-state index contributed by atoms with van der Waals surface area (Å²) in [6, 6.07) is 20.4. The fraction of sp³-hybridized carbons (Fsp3) is 0.211. The second-order valence-corrected chi connectivity index (χ2v) is 10.2. The predicted molar refractivity (Wildman–Crippen MR) is 93.8 cm³/mol. The number of hydrogen-bond donors (Lipinski definition) is 0. The van der Waals surface area contributed by atoms with Gasteiger partial charge < -0.3 is 4.74 Å². The third-order valence-corrected chi connectivity index (χ3v) is 6.51. The van der Waals surface area contributed by atoms with Gasteiger partial charge in [-0.1, -0.05) is 84.6 Å². The number of aldehydes is 1. The van der Waals surface area contributed by atoms with E-state index in [1.54, 1.807) is 0 Å². The Morgan fingerprint density at radius 3 is 2.18 bits per heavy atom. The van der Waals surface area contributed by atoms with E-state index in [-0.39, 0.29) is 0 Å². The Hall–Kier alpha value is -1.97. The van der Waals surface area contributed by atoms with E-state index in [0.717, 1.165) is 17.4 Å². The van der Waals surface area contributed by atoms with Gasteiger partial charge >= 0.3 is 0 Å². The zero-order valence-electron chi connectivity index (χ0n) is 13.2. The molecule has 0 aliphatic rings. The fourth-order valence-corrected chi connectivity index (χ4v) is 4.68. The van der Waals surface area contributed by atoms with Crippen LogP contribution in [0.5, 0.6) is 0 Å². The van der Waals surface area contributed by atoms with Gasteiger partial charge in [0, 0.05) is 5.57 Å². The maximum absolute atomic E-state index is 11.3. The number of hydrogen-bond acceptors (Lipinski definition) is 2. The molecule has 0 aromatic heterocycles. The molecule has 2 aromatic rings. The van der Waals surface area contributed by atoms with Crippen molar-refractivity contribution in [1.29, 1.82) is 0 Å². The molecule has 3 heteroatoms. The molecule has 0 amide bonds. The lowest BCUT2D eigenvalue weighted by Gasteiger charge is -2.19. The number of carbonyl (C=O) groups excluding carboxylic acids is 1. The lowest BCUT2D eigenvalue weighted by Crippen LogP contribution is -2.40. The Kier molecular flexibility index (Phi) is 5.87. The highest BCUT2D eigenvalue weighted by Gasteiger charge is 2.21. The lowest BCUT2D eigenvalue weighted by atomic mass is 10.2. The van der Waals surface area contributed by atoms with Crippen LogP contribution < -0.4 is 5.19 Å². The van der Waals surface area contributed by atoms with Crippen molar-refractivity contribution in [2.24, 2.45) is 0 Å². The summed E-state index contributed by atoms with van der Waals surface area (Å²) < 4.78 is 5.68. The van der Waals surface area contributed by atoms with Gasteiger partial charge in [-0.15, -0.1) is 0 Å². The first-order chi connectivity index (χ1) is 10.6. The van der Waals surface area contributed by atoms with Gasteiger partial charge in [-0.3, -0.25) is 4.79 Å². The van der Waals surface area contributed by atoms with Gasteiger partial charge in [0.1, 0.15) is 14.4 Å². The molecule has 0 N–H and O–H groups in total. The molecule has 0 bridgehead atoms. The summed E-state index contributed by atoms with van der Waals surface area (Å²) in [4.78, 5) is 11.3. The Bertz CT molecular complexity index is 618. The average molecular weight is 310 g/mol. The monoisotopic (exact) mass is 310 g/mol. The number of rotatable bonds is 7. The Balaban J connectivity index is 2.00. The average Bonchev–Trinajstić information content (AvgIpc) is 2.55. The largest absolute Gasteiger partial charge is 0.372 e. The second kappa shape index (κ2) is 7.87. The molecular weight excluding hydrogens is 288 g/mol. The van der Waals surface area contributed by atoms with Crippen LogP contribution in [0.1, 0.15) is 5.56 Å². The molecule has 0 radical (unpaired) electrons. The fourth-order valence-electron chi connectivity index (χ4n) is 2.39. The molecule has 2 rings (SSSR count). The van der Waals surface area contributed by atoms with Crippen LogP contribution >= 0.6 is 0 Å². The minimum atomic E-state index is -1.77. The normalized spacial score (nSPS) is 12.2. The second-order valence-electron chi connectivity index (χ2n) is 5.90. The molecule has 0 aliphatic carbocycles. The molecule has 0 saturated carbocycles. The molecular formula is C19H22O2Si. The van der Waals surface area contributed by atoms with E-state index in [9.17, 15) is 4.79 Å². The minimum absolute atomic E-state index is 0.363. The van der Waals surface area contributed by atoms with E-state index in [4.69, 9.17) is 4.74 Å². The molecule has 0 unspecified atom stereocenters. The number of ether oxygens (including phenoxy) is 1. The maximum atomic E-state index is 11.3. The van der Waals surface area contributed by atoms with Gasteiger partial charge in [0.2, 0.25) is 0 Å². The third-order valence-electron chi connectivity index (χ3n) is 3.60. The molecule has 2 aromatic carbocycles. The van der Waals surface area contributed by atoms with Gasteiger partial charge in [0.05, 0.1) is 13.2 Å². The highest BCUT2D eigenvalue weighted by atomic mass is 28.3. The van der Waals surface area contributed by atoms with E-state index in [1.165, 1.54) is 5.19 Å². The first-order valence-electron chi connectivity index (χ1n) is 7.46. The van der Waals surface area contributed by atoms with Crippen molar-refractivity contribution < 1.29 is 9.53 Å². The first-order valence-corrected chi connectivity index (χ1v) is 10.5. The summed E-state index contributed by atoms with van der Waals surface area (Å²) in [5.74, 6) is 0. The van der Waals surface area contributed by atoms with Crippen molar-refractivity contribution in [3.05, 3.63) is 77.5 Å². The standard InChI is InChI=1S/C19H22O2Si/c1-22(2,19-11-7-4-8-12-19)16-18(13-20)15-21-14-17-9-5-3-6-10-17/h3-13,16H,14-15H2,1-2H3/b18-16+. The van der Waals surface area contributed by atoms with Crippen molar-refractivity contribution in [2.45, 2.75) is 19.7 Å². The van der Waals surface area contributed by atoms with Crippen LogP contribution in [0.2, 0.25) is 13.1 Å². The van der Waals surface area contributed by atoms with Crippen LogP contribution in [-0.2, 0) is 16.1 Å². The molecule has 0 saturated heterocycles. The molecule has 0 heterocycles. The van der Waals surface area contributed by atoms with E-state index in [2.05, 4.69) is 30.9 Å². The van der Waals surface area contributed by atoms with Crippen LogP contribution in [0.15, 0.2) is 71.9 Å². The molecule has 114 valence electrons. The summed E-state index contributed by atoms with van der Waals surface area (Å²) in [5.41, 5.74) is 3.98. The van der Waals surface area contributed by atoms with Crippen molar-refractivity contribution in [3.8, 4) is 0 Å². The van der Waals surface area contributed by atoms with Gasteiger partial charge in [0.15, 0.2) is 0 Å². The summed E-state index contributed by atoms with van der Waals surface area (Å²) in [5, 5.41) is 1.32. The van der Waals surface area contributed by atoms with E-state index < -0.39 is 8.07 Å². The van der Waals surface area contributed by atoms with Gasteiger partial charge in [-0.25, -0.2) is 0 Å². The van der Waals surface area contributed by atoms with E-state index in [1.807, 2.05) is 48.5 Å². The van der Waals surface area contributed by atoms with Crippen LogP contribution in [0, 0.1) is 0 Å². The quantitative estimate of drug-likeness (QED) is 0.444. The predicted octanol–water partition coefficient (Wildman–Crippen LogP) is 3.48. The van der Waals surface area contributed by atoms with Gasteiger partial charge in [0.25, 0.3) is 0 Å². The summed E-state index contributed by atoms with van der Waals surface area (Å²) >= 11 is 0. The highest BCUT2D eigenvalue weighted by Crippen LogP contribution is 2.09.